The Morgan fingerprint density at radius 3 is 2.39 bits per heavy atom. The highest BCUT2D eigenvalue weighted by molar-refractivity contribution is 5.94. The highest BCUT2D eigenvalue weighted by atomic mass is 16.6. The van der Waals surface area contributed by atoms with Gasteiger partial charge in [0.2, 0.25) is 0 Å². The fraction of sp³-hybridized carbons (Fsp3) is 0.107. The third-order valence-corrected chi connectivity index (χ3v) is 5.95. The van der Waals surface area contributed by atoms with E-state index in [0.717, 1.165) is 40.4 Å². The molecule has 0 amide bonds. The number of non-ortho nitro benzene ring substituents is 1. The largest absolute Gasteiger partial charge is 0.381 e. The number of pyridine rings is 1. The van der Waals surface area contributed by atoms with Gasteiger partial charge in [0.1, 0.15) is 0 Å². The Bertz CT molecular complexity index is 1450. The van der Waals surface area contributed by atoms with E-state index in [2.05, 4.69) is 75.5 Å². The van der Waals surface area contributed by atoms with E-state index in [9.17, 15) is 10.1 Å². The second kappa shape index (κ2) is 10.2. The highest BCUT2D eigenvalue weighted by Crippen LogP contribution is 2.28. The molecule has 0 saturated heterocycles. The van der Waals surface area contributed by atoms with Crippen molar-refractivity contribution in [2.75, 3.05) is 29.5 Å². The molecule has 1 aliphatic rings. The van der Waals surface area contributed by atoms with Gasteiger partial charge < -0.3 is 20.9 Å². The third kappa shape index (κ3) is 5.44. The number of anilines is 4. The SMILES string of the molecule is CN1C=CC(Nc2ccc(CNc3ccc(Nc4ccnc5cc([N+](=O)[O-])ccc45)cc3)cc2)=CC1. The number of hydrogen-bond acceptors (Lipinski definition) is 7. The summed E-state index contributed by atoms with van der Waals surface area (Å²) < 4.78 is 0. The minimum Gasteiger partial charge on any atom is -0.381 e. The van der Waals surface area contributed by atoms with E-state index >= 15 is 0 Å². The van der Waals surface area contributed by atoms with Crippen molar-refractivity contribution in [3.05, 3.63) is 119 Å². The lowest BCUT2D eigenvalue weighted by Gasteiger charge is -2.18. The summed E-state index contributed by atoms with van der Waals surface area (Å²) in [5, 5.41) is 22.1. The minimum atomic E-state index is -0.413. The molecule has 3 N–H and O–H groups in total. The number of allylic oxidation sites excluding steroid dienone is 1. The van der Waals surface area contributed by atoms with E-state index in [1.807, 2.05) is 30.3 Å². The Hall–Kier alpha value is -4.85. The van der Waals surface area contributed by atoms with Gasteiger partial charge in [-0.05, 0) is 66.2 Å². The quantitative estimate of drug-likeness (QED) is 0.203. The molecule has 0 spiro atoms. The molecule has 0 atom stereocenters. The number of nitro benzene ring substituents is 1. The molecular weight excluding hydrogens is 452 g/mol. The fourth-order valence-electron chi connectivity index (χ4n) is 3.93. The van der Waals surface area contributed by atoms with Crippen molar-refractivity contribution >= 4 is 39.3 Å². The molecule has 0 fully saturated rings. The van der Waals surface area contributed by atoms with Crippen molar-refractivity contribution in [3.8, 4) is 0 Å². The van der Waals surface area contributed by atoms with Gasteiger partial charge >= 0.3 is 0 Å². The predicted octanol–water partition coefficient (Wildman–Crippen LogP) is 6.25. The van der Waals surface area contributed by atoms with Crippen LogP contribution in [0.1, 0.15) is 5.56 Å². The number of hydrogen-bond donors (Lipinski definition) is 3. The standard InChI is InChI=1S/C28H26N6O2/c1-33-16-13-24(14-17-33)31-22-4-2-20(3-5-22)19-30-21-6-8-23(9-7-21)32-27-12-15-29-28-18-25(34(35)36)10-11-26(27)28/h2-16,18,30-31H,17,19H2,1H3,(H,29,32). The molecule has 36 heavy (non-hydrogen) atoms. The van der Waals surface area contributed by atoms with Gasteiger partial charge in [0.25, 0.3) is 5.69 Å². The topological polar surface area (TPSA) is 95.4 Å². The van der Waals surface area contributed by atoms with Crippen molar-refractivity contribution < 1.29 is 4.92 Å². The molecule has 4 aromatic rings. The average molecular weight is 479 g/mol. The van der Waals surface area contributed by atoms with Gasteiger partial charge in [-0.15, -0.1) is 0 Å². The summed E-state index contributed by atoms with van der Waals surface area (Å²) in [5.74, 6) is 0. The predicted molar refractivity (Wildman–Crippen MR) is 145 cm³/mol. The number of fused-ring (bicyclic) bond motifs is 1. The van der Waals surface area contributed by atoms with E-state index < -0.39 is 4.92 Å². The van der Waals surface area contributed by atoms with Crippen LogP contribution in [0.3, 0.4) is 0 Å². The zero-order valence-corrected chi connectivity index (χ0v) is 19.8. The monoisotopic (exact) mass is 478 g/mol. The number of nitro groups is 1. The summed E-state index contributed by atoms with van der Waals surface area (Å²) in [6, 6.07) is 23.0. The molecule has 5 rings (SSSR count). The first kappa shape index (κ1) is 22.9. The molecule has 8 heteroatoms. The van der Waals surface area contributed by atoms with Gasteiger partial charge in [-0.2, -0.15) is 0 Å². The van der Waals surface area contributed by atoms with E-state index in [1.54, 1.807) is 12.3 Å². The molecule has 8 nitrogen and oxygen atoms in total. The Morgan fingerprint density at radius 1 is 0.944 bits per heavy atom. The lowest BCUT2D eigenvalue weighted by atomic mass is 10.1. The van der Waals surface area contributed by atoms with Crippen LogP contribution in [-0.4, -0.2) is 28.4 Å². The van der Waals surface area contributed by atoms with Gasteiger partial charge in [0, 0.05) is 78.5 Å². The normalized spacial score (nSPS) is 12.8. The van der Waals surface area contributed by atoms with Gasteiger partial charge in [-0.25, -0.2) is 0 Å². The van der Waals surface area contributed by atoms with Gasteiger partial charge in [0.15, 0.2) is 0 Å². The Labute approximate surface area is 209 Å². The van der Waals surface area contributed by atoms with E-state index in [4.69, 9.17) is 0 Å². The lowest BCUT2D eigenvalue weighted by Crippen LogP contribution is -2.15. The van der Waals surface area contributed by atoms with Crippen molar-refractivity contribution in [2.24, 2.45) is 0 Å². The molecule has 180 valence electrons. The van der Waals surface area contributed by atoms with Crippen LogP contribution in [0.2, 0.25) is 0 Å². The Morgan fingerprint density at radius 2 is 1.67 bits per heavy atom. The number of nitrogens with zero attached hydrogens (tertiary/aromatic N) is 3. The number of nitrogens with one attached hydrogen (secondary N) is 3. The van der Waals surface area contributed by atoms with Crippen molar-refractivity contribution in [1.82, 2.24) is 9.88 Å². The molecular formula is C28H26N6O2. The van der Waals surface area contributed by atoms with Crippen LogP contribution in [-0.2, 0) is 6.54 Å². The molecule has 0 radical (unpaired) electrons. The molecule has 0 aliphatic carbocycles. The lowest BCUT2D eigenvalue weighted by molar-refractivity contribution is -0.384. The Balaban J connectivity index is 1.18. The average Bonchev–Trinajstić information content (AvgIpc) is 2.90. The first-order valence-electron chi connectivity index (χ1n) is 11.6. The smallest absolute Gasteiger partial charge is 0.271 e. The van der Waals surface area contributed by atoms with E-state index in [1.165, 1.54) is 17.7 Å². The fourth-order valence-corrected chi connectivity index (χ4v) is 3.93. The van der Waals surface area contributed by atoms with Gasteiger partial charge in [-0.3, -0.25) is 15.1 Å². The number of aromatic nitrogens is 1. The van der Waals surface area contributed by atoms with Crippen molar-refractivity contribution in [1.29, 1.82) is 0 Å². The zero-order valence-electron chi connectivity index (χ0n) is 19.8. The second-order valence-electron chi connectivity index (χ2n) is 8.61. The van der Waals surface area contributed by atoms with E-state index in [0.29, 0.717) is 12.1 Å². The van der Waals surface area contributed by atoms with Crippen LogP contribution in [0.5, 0.6) is 0 Å². The summed E-state index contributed by atoms with van der Waals surface area (Å²) >= 11 is 0. The molecule has 2 heterocycles. The third-order valence-electron chi connectivity index (χ3n) is 5.95. The van der Waals surface area contributed by atoms with Crippen LogP contribution < -0.4 is 16.0 Å². The molecule has 0 saturated carbocycles. The number of likely N-dealkylation sites (N-methyl/N-ethyl adjacent to an activating group) is 1. The first-order valence-corrected chi connectivity index (χ1v) is 11.6. The number of rotatable bonds is 8. The summed E-state index contributed by atoms with van der Waals surface area (Å²) in [5.41, 5.74) is 6.73. The molecule has 3 aromatic carbocycles. The van der Waals surface area contributed by atoms with Crippen LogP contribution in [0, 0.1) is 10.1 Å². The van der Waals surface area contributed by atoms with Crippen LogP contribution >= 0.6 is 0 Å². The molecule has 1 aromatic heterocycles. The minimum absolute atomic E-state index is 0.0280. The summed E-state index contributed by atoms with van der Waals surface area (Å²) in [7, 11) is 2.05. The van der Waals surface area contributed by atoms with Crippen LogP contribution in [0.25, 0.3) is 10.9 Å². The van der Waals surface area contributed by atoms with E-state index in [-0.39, 0.29) is 5.69 Å². The summed E-state index contributed by atoms with van der Waals surface area (Å²) in [6.45, 7) is 1.62. The Kier molecular flexibility index (Phi) is 6.48. The van der Waals surface area contributed by atoms with Crippen molar-refractivity contribution in [2.45, 2.75) is 6.54 Å². The highest BCUT2D eigenvalue weighted by Gasteiger charge is 2.09. The molecule has 1 aliphatic heterocycles. The van der Waals surface area contributed by atoms with Gasteiger partial charge in [0.05, 0.1) is 10.4 Å². The maximum atomic E-state index is 11.0. The maximum Gasteiger partial charge on any atom is 0.271 e. The molecule has 0 unspecified atom stereocenters. The van der Waals surface area contributed by atoms with Crippen molar-refractivity contribution in [3.63, 3.8) is 0 Å². The summed E-state index contributed by atoms with van der Waals surface area (Å²) in [4.78, 5) is 17.0. The first-order chi connectivity index (χ1) is 17.5. The van der Waals surface area contributed by atoms with Gasteiger partial charge in [-0.1, -0.05) is 12.1 Å². The second-order valence-corrected chi connectivity index (χ2v) is 8.61. The van der Waals surface area contributed by atoms with Crippen LogP contribution in [0.15, 0.2) is 103 Å². The molecule has 0 bridgehead atoms. The zero-order chi connectivity index (χ0) is 24.9. The number of benzene rings is 3. The maximum absolute atomic E-state index is 11.0. The summed E-state index contributed by atoms with van der Waals surface area (Å²) in [6.07, 6.45) is 7.94. The van der Waals surface area contributed by atoms with Crippen LogP contribution in [0.4, 0.5) is 28.4 Å².